The number of thiazole rings is 1. The Hall–Kier alpha value is -1.31. The molecule has 1 saturated heterocycles. The van der Waals surface area contributed by atoms with Crippen molar-refractivity contribution < 1.29 is 24.2 Å². The number of hydrogen-bond acceptors (Lipinski definition) is 6. The van der Waals surface area contributed by atoms with Crippen LogP contribution < -0.4 is 0 Å². The first-order valence-electron chi connectivity index (χ1n) is 4.15. The van der Waals surface area contributed by atoms with Crippen molar-refractivity contribution in [2.24, 2.45) is 0 Å². The second-order valence-corrected chi connectivity index (χ2v) is 3.83. The van der Waals surface area contributed by atoms with Crippen LogP contribution in [0.1, 0.15) is 21.0 Å². The van der Waals surface area contributed by atoms with Crippen LogP contribution in [0.3, 0.4) is 0 Å². The summed E-state index contributed by atoms with van der Waals surface area (Å²) in [7, 11) is 0. The molecule has 6 nitrogen and oxygen atoms in total. The highest BCUT2D eigenvalue weighted by Crippen LogP contribution is 2.27. The fourth-order valence-corrected chi connectivity index (χ4v) is 1.96. The molecule has 1 fully saturated rings. The van der Waals surface area contributed by atoms with Crippen molar-refractivity contribution >= 4 is 23.1 Å². The maximum absolute atomic E-state index is 11.1. The highest BCUT2D eigenvalue weighted by atomic mass is 32.1. The number of rotatable bonds is 3. The molecule has 2 heterocycles. The molecule has 0 saturated carbocycles. The van der Waals surface area contributed by atoms with E-state index in [4.69, 9.17) is 14.6 Å². The molecule has 0 aliphatic carbocycles. The molecule has 0 aromatic carbocycles. The SMILES string of the molecule is O=C(O)C(=O)c1cnc(C2OCCO2)s1. The molecule has 15 heavy (non-hydrogen) atoms. The fraction of sp³-hybridized carbons (Fsp3) is 0.375. The first-order valence-corrected chi connectivity index (χ1v) is 4.96. The first-order chi connectivity index (χ1) is 7.18. The van der Waals surface area contributed by atoms with Crippen molar-refractivity contribution in [3.8, 4) is 0 Å². The van der Waals surface area contributed by atoms with Crippen molar-refractivity contribution in [2.75, 3.05) is 13.2 Å². The minimum Gasteiger partial charge on any atom is -0.475 e. The number of aromatic nitrogens is 1. The highest BCUT2D eigenvalue weighted by molar-refractivity contribution is 7.14. The molecule has 1 aliphatic heterocycles. The second kappa shape index (κ2) is 4.05. The van der Waals surface area contributed by atoms with Gasteiger partial charge in [-0.15, -0.1) is 11.3 Å². The third-order valence-electron chi connectivity index (χ3n) is 1.77. The Labute approximate surface area is 88.5 Å². The number of carbonyl (C=O) groups excluding carboxylic acids is 1. The predicted molar refractivity (Wildman–Crippen MR) is 48.7 cm³/mol. The van der Waals surface area contributed by atoms with E-state index in [1.165, 1.54) is 6.20 Å². The van der Waals surface area contributed by atoms with E-state index in [-0.39, 0.29) is 4.88 Å². The van der Waals surface area contributed by atoms with Crippen molar-refractivity contribution in [1.29, 1.82) is 0 Å². The summed E-state index contributed by atoms with van der Waals surface area (Å²) in [6.07, 6.45) is 0.659. The lowest BCUT2D eigenvalue weighted by molar-refractivity contribution is -0.131. The number of carbonyl (C=O) groups is 2. The van der Waals surface area contributed by atoms with E-state index in [0.717, 1.165) is 11.3 Å². The lowest BCUT2D eigenvalue weighted by atomic mass is 10.4. The summed E-state index contributed by atoms with van der Waals surface area (Å²) in [5.74, 6) is -2.45. The van der Waals surface area contributed by atoms with E-state index < -0.39 is 18.0 Å². The Morgan fingerprint density at radius 3 is 2.73 bits per heavy atom. The van der Waals surface area contributed by atoms with Gasteiger partial charge in [0.2, 0.25) is 6.29 Å². The van der Waals surface area contributed by atoms with Gasteiger partial charge in [0, 0.05) is 6.20 Å². The zero-order valence-corrected chi connectivity index (χ0v) is 8.32. The van der Waals surface area contributed by atoms with E-state index in [9.17, 15) is 9.59 Å². The average Bonchev–Trinajstić information content (AvgIpc) is 2.86. The Kier molecular flexibility index (Phi) is 2.76. The number of aliphatic carboxylic acids is 1. The molecule has 7 heteroatoms. The van der Waals surface area contributed by atoms with Crippen molar-refractivity contribution in [3.05, 3.63) is 16.1 Å². The van der Waals surface area contributed by atoms with Gasteiger partial charge in [0.25, 0.3) is 5.78 Å². The topological polar surface area (TPSA) is 85.7 Å². The number of nitrogens with zero attached hydrogens (tertiary/aromatic N) is 1. The van der Waals surface area contributed by atoms with Gasteiger partial charge < -0.3 is 14.6 Å². The maximum Gasteiger partial charge on any atom is 0.378 e. The summed E-state index contributed by atoms with van der Waals surface area (Å²) in [4.78, 5) is 25.4. The molecule has 0 amide bonds. The molecule has 0 atom stereocenters. The van der Waals surface area contributed by atoms with Gasteiger partial charge in [0.1, 0.15) is 9.88 Å². The van der Waals surface area contributed by atoms with Gasteiger partial charge in [-0.25, -0.2) is 9.78 Å². The van der Waals surface area contributed by atoms with Crippen LogP contribution in [0.25, 0.3) is 0 Å². The summed E-state index contributed by atoms with van der Waals surface area (Å²) in [6.45, 7) is 0.957. The van der Waals surface area contributed by atoms with Crippen LogP contribution in [0, 0.1) is 0 Å². The van der Waals surface area contributed by atoms with Crippen molar-refractivity contribution in [2.45, 2.75) is 6.29 Å². The van der Waals surface area contributed by atoms with E-state index in [0.29, 0.717) is 18.2 Å². The predicted octanol–water partition coefficient (Wildman–Crippen LogP) is 0.456. The Morgan fingerprint density at radius 1 is 1.47 bits per heavy atom. The normalized spacial score (nSPS) is 16.8. The van der Waals surface area contributed by atoms with E-state index in [2.05, 4.69) is 4.98 Å². The quantitative estimate of drug-likeness (QED) is 0.598. The molecule has 1 aromatic rings. The number of ether oxygens (including phenoxy) is 2. The second-order valence-electron chi connectivity index (χ2n) is 2.77. The van der Waals surface area contributed by atoms with E-state index in [1.807, 2.05) is 0 Å². The lowest BCUT2D eigenvalue weighted by Crippen LogP contribution is -2.10. The van der Waals surface area contributed by atoms with Crippen LogP contribution in [0.15, 0.2) is 6.20 Å². The van der Waals surface area contributed by atoms with Gasteiger partial charge >= 0.3 is 5.97 Å². The Bertz CT molecular complexity index is 395. The molecule has 80 valence electrons. The highest BCUT2D eigenvalue weighted by Gasteiger charge is 2.24. The van der Waals surface area contributed by atoms with Crippen molar-refractivity contribution in [1.82, 2.24) is 4.98 Å². The monoisotopic (exact) mass is 229 g/mol. The third kappa shape index (κ3) is 2.04. The molecule has 1 aliphatic rings. The zero-order valence-electron chi connectivity index (χ0n) is 7.50. The molecule has 1 N–H and O–H groups in total. The van der Waals surface area contributed by atoms with Gasteiger partial charge in [-0.2, -0.15) is 0 Å². The van der Waals surface area contributed by atoms with Crippen molar-refractivity contribution in [3.63, 3.8) is 0 Å². The largest absolute Gasteiger partial charge is 0.475 e. The molecule has 0 bridgehead atoms. The van der Waals surface area contributed by atoms with Crippen LogP contribution in [0.2, 0.25) is 0 Å². The minimum atomic E-state index is -1.49. The Balaban J connectivity index is 2.16. The molecule has 0 unspecified atom stereocenters. The Morgan fingerprint density at radius 2 is 2.13 bits per heavy atom. The molecule has 2 rings (SSSR count). The van der Waals surface area contributed by atoms with Gasteiger partial charge in [0.05, 0.1) is 13.2 Å². The fourth-order valence-electron chi connectivity index (χ4n) is 1.11. The number of carboxylic acid groups (broad SMARTS) is 1. The summed E-state index contributed by atoms with van der Waals surface area (Å²) in [6, 6.07) is 0. The van der Waals surface area contributed by atoms with Gasteiger partial charge in [-0.05, 0) is 0 Å². The van der Waals surface area contributed by atoms with Crippen LogP contribution in [0.5, 0.6) is 0 Å². The number of hydrogen-bond donors (Lipinski definition) is 1. The third-order valence-corrected chi connectivity index (χ3v) is 2.78. The number of carboxylic acids is 1. The molecule has 1 aromatic heterocycles. The van der Waals surface area contributed by atoms with Crippen LogP contribution in [-0.4, -0.2) is 35.1 Å². The summed E-state index contributed by atoms with van der Waals surface area (Å²) < 4.78 is 10.3. The number of ketones is 1. The van der Waals surface area contributed by atoms with E-state index >= 15 is 0 Å². The molecular formula is C8H7NO5S. The molecular weight excluding hydrogens is 222 g/mol. The van der Waals surface area contributed by atoms with Gasteiger partial charge in [0.15, 0.2) is 0 Å². The van der Waals surface area contributed by atoms with Gasteiger partial charge in [-0.3, -0.25) is 4.79 Å². The smallest absolute Gasteiger partial charge is 0.378 e. The standard InChI is InChI=1S/C8H7NO5S/c10-5(7(11)12)4-3-9-6(15-4)8-13-1-2-14-8/h3,8H,1-2H2,(H,11,12). The average molecular weight is 229 g/mol. The van der Waals surface area contributed by atoms with E-state index in [1.54, 1.807) is 0 Å². The molecule has 0 spiro atoms. The summed E-state index contributed by atoms with van der Waals surface area (Å²) in [5.41, 5.74) is 0. The van der Waals surface area contributed by atoms with Gasteiger partial charge in [-0.1, -0.05) is 0 Å². The van der Waals surface area contributed by atoms with Crippen LogP contribution in [-0.2, 0) is 14.3 Å². The minimum absolute atomic E-state index is 0.0802. The maximum atomic E-state index is 11.1. The summed E-state index contributed by atoms with van der Waals surface area (Å²) >= 11 is 0.975. The first kappa shape index (κ1) is 10.2. The van der Waals surface area contributed by atoms with Crippen LogP contribution >= 0.6 is 11.3 Å². The zero-order chi connectivity index (χ0) is 10.8. The lowest BCUT2D eigenvalue weighted by Gasteiger charge is -2.02. The van der Waals surface area contributed by atoms with Crippen LogP contribution in [0.4, 0.5) is 0 Å². The molecule has 0 radical (unpaired) electrons. The number of Topliss-reactive ketones (excluding diaryl/α,β-unsaturated/α-hetero) is 1. The summed E-state index contributed by atoms with van der Waals surface area (Å²) in [5, 5.41) is 8.95.